The van der Waals surface area contributed by atoms with Crippen molar-refractivity contribution in [1.29, 1.82) is 0 Å². The summed E-state index contributed by atoms with van der Waals surface area (Å²) in [6.07, 6.45) is 1.69. The molecule has 108 valence electrons. The Labute approximate surface area is 122 Å². The first kappa shape index (κ1) is 14.9. The highest BCUT2D eigenvalue weighted by molar-refractivity contribution is 7.99. The number of nitrogens with zero attached hydrogens (tertiary/aromatic N) is 2. The summed E-state index contributed by atoms with van der Waals surface area (Å²) in [7, 11) is 5.37. The van der Waals surface area contributed by atoms with Gasteiger partial charge < -0.3 is 10.1 Å². The molecule has 0 saturated heterocycles. The second-order valence-corrected chi connectivity index (χ2v) is 5.37. The molecule has 0 aliphatic heterocycles. The maximum atomic E-state index is 13.6. The molecule has 1 heterocycles. The maximum absolute atomic E-state index is 13.6. The predicted octanol–water partition coefficient (Wildman–Crippen LogP) is 2.62. The van der Waals surface area contributed by atoms with Crippen LogP contribution in [0.5, 0.6) is 5.75 Å². The van der Waals surface area contributed by atoms with Crippen LogP contribution < -0.4 is 10.1 Å². The molecule has 0 amide bonds. The van der Waals surface area contributed by atoms with Gasteiger partial charge in [0.1, 0.15) is 5.82 Å². The molecular weight excluding hydrogens is 277 g/mol. The minimum absolute atomic E-state index is 0.0297. The van der Waals surface area contributed by atoms with Gasteiger partial charge in [0.25, 0.3) is 0 Å². The highest BCUT2D eigenvalue weighted by atomic mass is 32.2. The van der Waals surface area contributed by atoms with E-state index in [-0.39, 0.29) is 11.9 Å². The number of ether oxygens (including phenoxy) is 1. The van der Waals surface area contributed by atoms with E-state index >= 15 is 0 Å². The third-order valence-electron chi connectivity index (χ3n) is 3.09. The number of aryl methyl sites for hydroxylation is 1. The number of hydrogen-bond acceptors (Lipinski definition) is 4. The fourth-order valence-electron chi connectivity index (χ4n) is 2.02. The number of halogens is 1. The van der Waals surface area contributed by atoms with E-state index in [0.29, 0.717) is 10.6 Å². The SMILES string of the molecule is CNC(CSc1ccccc1F)c1c(OC)cnn1C. The molecule has 2 aromatic rings. The van der Waals surface area contributed by atoms with Crippen molar-refractivity contribution >= 4 is 11.8 Å². The van der Waals surface area contributed by atoms with Gasteiger partial charge in [0.05, 0.1) is 25.0 Å². The van der Waals surface area contributed by atoms with Crippen molar-refractivity contribution < 1.29 is 9.13 Å². The van der Waals surface area contributed by atoms with Crippen LogP contribution in [0.3, 0.4) is 0 Å². The Bertz CT molecular complexity index is 573. The van der Waals surface area contributed by atoms with Gasteiger partial charge in [-0.25, -0.2) is 4.39 Å². The van der Waals surface area contributed by atoms with Crippen molar-refractivity contribution in [3.8, 4) is 5.75 Å². The molecule has 4 nitrogen and oxygen atoms in total. The maximum Gasteiger partial charge on any atom is 0.161 e. The van der Waals surface area contributed by atoms with Crippen LogP contribution in [0.1, 0.15) is 11.7 Å². The Morgan fingerprint density at radius 3 is 2.85 bits per heavy atom. The quantitative estimate of drug-likeness (QED) is 0.832. The summed E-state index contributed by atoms with van der Waals surface area (Å²) in [5, 5.41) is 7.42. The number of nitrogens with one attached hydrogen (secondary N) is 1. The zero-order chi connectivity index (χ0) is 14.5. The van der Waals surface area contributed by atoms with Gasteiger partial charge in [0.15, 0.2) is 5.75 Å². The highest BCUT2D eigenvalue weighted by Crippen LogP contribution is 2.30. The van der Waals surface area contributed by atoms with Crippen molar-refractivity contribution in [2.75, 3.05) is 19.9 Å². The second-order valence-electron chi connectivity index (χ2n) is 4.30. The zero-order valence-corrected chi connectivity index (χ0v) is 12.6. The third kappa shape index (κ3) is 3.13. The Balaban J connectivity index is 2.13. The van der Waals surface area contributed by atoms with Crippen molar-refractivity contribution in [2.24, 2.45) is 7.05 Å². The van der Waals surface area contributed by atoms with Crippen LogP contribution in [0.25, 0.3) is 0 Å². The molecule has 1 N–H and O–H groups in total. The minimum atomic E-state index is -0.190. The monoisotopic (exact) mass is 295 g/mol. The molecular formula is C14H18FN3OS. The van der Waals surface area contributed by atoms with Gasteiger partial charge in [-0.2, -0.15) is 5.10 Å². The van der Waals surface area contributed by atoms with Crippen molar-refractivity contribution in [2.45, 2.75) is 10.9 Å². The first-order valence-corrected chi connectivity index (χ1v) is 7.26. The van der Waals surface area contributed by atoms with Crippen LogP contribution >= 0.6 is 11.8 Å². The second kappa shape index (κ2) is 6.76. The van der Waals surface area contributed by atoms with E-state index in [9.17, 15) is 4.39 Å². The topological polar surface area (TPSA) is 39.1 Å². The molecule has 1 unspecified atom stereocenters. The standard InChI is InChI=1S/C14H18FN3OS/c1-16-11(14-12(19-3)8-17-18(14)2)9-20-13-7-5-4-6-10(13)15/h4-8,11,16H,9H2,1-3H3. The molecule has 0 aliphatic carbocycles. The number of benzene rings is 1. The fraction of sp³-hybridized carbons (Fsp3) is 0.357. The number of hydrogen-bond donors (Lipinski definition) is 1. The molecule has 1 atom stereocenters. The molecule has 2 rings (SSSR count). The van der Waals surface area contributed by atoms with E-state index in [0.717, 1.165) is 11.4 Å². The highest BCUT2D eigenvalue weighted by Gasteiger charge is 2.19. The average molecular weight is 295 g/mol. The minimum Gasteiger partial charge on any atom is -0.493 e. The lowest BCUT2D eigenvalue weighted by Gasteiger charge is -2.17. The molecule has 1 aromatic carbocycles. The molecule has 1 aromatic heterocycles. The Morgan fingerprint density at radius 2 is 2.20 bits per heavy atom. The van der Waals surface area contributed by atoms with Gasteiger partial charge in [-0.05, 0) is 19.2 Å². The lowest BCUT2D eigenvalue weighted by atomic mass is 10.2. The number of rotatable bonds is 6. The van der Waals surface area contributed by atoms with Crippen molar-refractivity contribution in [3.05, 3.63) is 42.0 Å². The molecule has 6 heteroatoms. The smallest absolute Gasteiger partial charge is 0.161 e. The lowest BCUT2D eigenvalue weighted by molar-refractivity contribution is 0.401. The summed E-state index contributed by atoms with van der Waals surface area (Å²) < 4.78 is 20.7. The van der Waals surface area contributed by atoms with Crippen LogP contribution in [0.4, 0.5) is 4.39 Å². The fourth-order valence-corrected chi connectivity index (χ4v) is 3.07. The Morgan fingerprint density at radius 1 is 1.45 bits per heavy atom. The summed E-state index contributed by atoms with van der Waals surface area (Å²) in [5.41, 5.74) is 0.957. The zero-order valence-electron chi connectivity index (χ0n) is 11.8. The van der Waals surface area contributed by atoms with E-state index < -0.39 is 0 Å². The van der Waals surface area contributed by atoms with Gasteiger partial charge in [-0.15, -0.1) is 11.8 Å². The number of thioether (sulfide) groups is 1. The van der Waals surface area contributed by atoms with Crippen molar-refractivity contribution in [1.82, 2.24) is 15.1 Å². The third-order valence-corrected chi connectivity index (χ3v) is 4.23. The number of aromatic nitrogens is 2. The molecule has 20 heavy (non-hydrogen) atoms. The van der Waals surface area contributed by atoms with Crippen LogP contribution in [0, 0.1) is 5.82 Å². The summed E-state index contributed by atoms with van der Waals surface area (Å²) in [4.78, 5) is 0.647. The molecule has 0 radical (unpaired) electrons. The van der Waals surface area contributed by atoms with E-state index in [1.54, 1.807) is 30.1 Å². The summed E-state index contributed by atoms with van der Waals surface area (Å²) in [6, 6.07) is 6.82. The van der Waals surface area contributed by atoms with Crippen molar-refractivity contribution in [3.63, 3.8) is 0 Å². The molecule has 0 spiro atoms. The normalized spacial score (nSPS) is 12.4. The van der Waals surface area contributed by atoms with Crippen LogP contribution in [-0.4, -0.2) is 29.7 Å². The van der Waals surface area contributed by atoms with E-state index in [2.05, 4.69) is 10.4 Å². The molecule has 0 bridgehead atoms. The number of methoxy groups -OCH3 is 1. The van der Waals surface area contributed by atoms with Crippen LogP contribution in [0.2, 0.25) is 0 Å². The molecule has 0 saturated carbocycles. The van der Waals surface area contributed by atoms with Gasteiger partial charge >= 0.3 is 0 Å². The average Bonchev–Trinajstić information content (AvgIpc) is 2.83. The van der Waals surface area contributed by atoms with E-state index in [1.807, 2.05) is 20.2 Å². The first-order valence-electron chi connectivity index (χ1n) is 6.27. The van der Waals surface area contributed by atoms with Gasteiger partial charge in [0, 0.05) is 17.7 Å². The summed E-state index contributed by atoms with van der Waals surface area (Å²) in [5.74, 6) is 1.23. The largest absolute Gasteiger partial charge is 0.493 e. The Kier molecular flexibility index (Phi) is 5.03. The molecule has 0 aliphatic rings. The van der Waals surface area contributed by atoms with E-state index in [1.165, 1.54) is 17.8 Å². The molecule has 0 fully saturated rings. The van der Waals surface area contributed by atoms with Gasteiger partial charge in [0.2, 0.25) is 0 Å². The van der Waals surface area contributed by atoms with Crippen LogP contribution in [0.15, 0.2) is 35.4 Å². The first-order chi connectivity index (χ1) is 9.67. The van der Waals surface area contributed by atoms with E-state index in [4.69, 9.17) is 4.74 Å². The lowest BCUT2D eigenvalue weighted by Crippen LogP contribution is -2.22. The predicted molar refractivity (Wildman–Crippen MR) is 78.7 cm³/mol. The Hall–Kier alpha value is -1.53. The van der Waals surface area contributed by atoms with Gasteiger partial charge in [-0.3, -0.25) is 4.68 Å². The summed E-state index contributed by atoms with van der Waals surface area (Å²) >= 11 is 1.47. The summed E-state index contributed by atoms with van der Waals surface area (Å²) in [6.45, 7) is 0. The van der Waals surface area contributed by atoms with Gasteiger partial charge in [-0.1, -0.05) is 12.1 Å². The van der Waals surface area contributed by atoms with Crippen LogP contribution in [-0.2, 0) is 7.05 Å².